The zero-order valence-electron chi connectivity index (χ0n) is 10.0. The van der Waals surface area contributed by atoms with Crippen LogP contribution in [0.5, 0.6) is 0 Å². The van der Waals surface area contributed by atoms with Crippen LogP contribution in [0.25, 0.3) is 0 Å². The molecule has 1 aliphatic rings. The maximum Gasteiger partial charge on any atom is 0.0925 e. The van der Waals surface area contributed by atoms with E-state index in [-0.39, 0.29) is 0 Å². The van der Waals surface area contributed by atoms with Gasteiger partial charge in [0.1, 0.15) is 0 Å². The average Bonchev–Trinajstić information content (AvgIpc) is 2.92. The molecular formula is C14H17N3. The first-order valence-corrected chi connectivity index (χ1v) is 6.12. The number of nitrogens with one attached hydrogen (secondary N) is 2. The number of benzene rings is 1. The van der Waals surface area contributed by atoms with E-state index < -0.39 is 0 Å². The summed E-state index contributed by atoms with van der Waals surface area (Å²) in [6.07, 6.45) is 4.04. The van der Waals surface area contributed by atoms with E-state index in [0.717, 1.165) is 30.8 Å². The lowest BCUT2D eigenvalue weighted by Gasteiger charge is -2.10. The maximum atomic E-state index is 4.31. The number of aromatic amines is 1. The summed E-state index contributed by atoms with van der Waals surface area (Å²) < 4.78 is 0. The fraction of sp³-hybridized carbons (Fsp3) is 0.357. The zero-order valence-corrected chi connectivity index (χ0v) is 10.0. The van der Waals surface area contributed by atoms with Crippen LogP contribution in [0.15, 0.2) is 30.6 Å². The van der Waals surface area contributed by atoms with Crippen LogP contribution in [0.1, 0.15) is 22.5 Å². The highest BCUT2D eigenvalue weighted by Gasteiger charge is 2.20. The average molecular weight is 227 g/mol. The van der Waals surface area contributed by atoms with Crippen molar-refractivity contribution in [3.63, 3.8) is 0 Å². The molecule has 3 heteroatoms. The first kappa shape index (κ1) is 10.5. The molecule has 2 aromatic rings. The van der Waals surface area contributed by atoms with Crippen molar-refractivity contribution in [2.45, 2.75) is 32.4 Å². The van der Waals surface area contributed by atoms with Crippen molar-refractivity contribution < 1.29 is 0 Å². The minimum atomic E-state index is 0.559. The number of hydrogen-bond donors (Lipinski definition) is 2. The van der Waals surface area contributed by atoms with E-state index in [9.17, 15) is 0 Å². The SMILES string of the molecule is Cc1[nH]cnc1CNC1Cc2ccccc2C1. The lowest BCUT2D eigenvalue weighted by atomic mass is 10.1. The highest BCUT2D eigenvalue weighted by Crippen LogP contribution is 2.21. The molecule has 3 rings (SSSR count). The summed E-state index contributed by atoms with van der Waals surface area (Å²) in [5.41, 5.74) is 5.27. The monoisotopic (exact) mass is 227 g/mol. The van der Waals surface area contributed by atoms with Gasteiger partial charge in [-0.05, 0) is 30.9 Å². The Morgan fingerprint density at radius 2 is 2.00 bits per heavy atom. The summed E-state index contributed by atoms with van der Waals surface area (Å²) in [6, 6.07) is 9.27. The summed E-state index contributed by atoms with van der Waals surface area (Å²) in [6.45, 7) is 2.92. The van der Waals surface area contributed by atoms with E-state index in [1.807, 2.05) is 0 Å². The number of fused-ring (bicyclic) bond motifs is 1. The Morgan fingerprint density at radius 3 is 2.59 bits per heavy atom. The van der Waals surface area contributed by atoms with Gasteiger partial charge in [0, 0.05) is 18.3 Å². The Balaban J connectivity index is 1.61. The van der Waals surface area contributed by atoms with Gasteiger partial charge < -0.3 is 10.3 Å². The van der Waals surface area contributed by atoms with Gasteiger partial charge in [0.25, 0.3) is 0 Å². The highest BCUT2D eigenvalue weighted by atomic mass is 15.0. The molecule has 0 saturated heterocycles. The van der Waals surface area contributed by atoms with Gasteiger partial charge in [0.05, 0.1) is 12.0 Å². The molecule has 0 amide bonds. The van der Waals surface area contributed by atoms with Crippen LogP contribution in [-0.4, -0.2) is 16.0 Å². The predicted molar refractivity (Wildman–Crippen MR) is 67.8 cm³/mol. The number of imidazole rings is 1. The molecule has 1 heterocycles. The molecule has 17 heavy (non-hydrogen) atoms. The first-order valence-electron chi connectivity index (χ1n) is 6.12. The van der Waals surface area contributed by atoms with Crippen molar-refractivity contribution >= 4 is 0 Å². The maximum absolute atomic E-state index is 4.31. The van der Waals surface area contributed by atoms with Gasteiger partial charge in [0.15, 0.2) is 0 Å². The van der Waals surface area contributed by atoms with Crippen molar-refractivity contribution in [2.24, 2.45) is 0 Å². The Hall–Kier alpha value is -1.61. The van der Waals surface area contributed by atoms with Gasteiger partial charge in [-0.15, -0.1) is 0 Å². The van der Waals surface area contributed by atoms with Gasteiger partial charge >= 0.3 is 0 Å². The first-order chi connectivity index (χ1) is 8.33. The van der Waals surface area contributed by atoms with E-state index in [0.29, 0.717) is 6.04 Å². The Labute approximate surface area is 101 Å². The van der Waals surface area contributed by atoms with E-state index in [1.165, 1.54) is 11.1 Å². The van der Waals surface area contributed by atoms with E-state index >= 15 is 0 Å². The Kier molecular flexibility index (Phi) is 2.69. The molecule has 0 aliphatic heterocycles. The number of aryl methyl sites for hydroxylation is 1. The zero-order chi connectivity index (χ0) is 11.7. The molecule has 0 bridgehead atoms. The van der Waals surface area contributed by atoms with Gasteiger partial charge in [-0.2, -0.15) is 0 Å². The third-order valence-corrected chi connectivity index (χ3v) is 3.54. The highest BCUT2D eigenvalue weighted by molar-refractivity contribution is 5.33. The van der Waals surface area contributed by atoms with Crippen LogP contribution in [0.4, 0.5) is 0 Å². The fourth-order valence-corrected chi connectivity index (χ4v) is 2.51. The summed E-state index contributed by atoms with van der Waals surface area (Å²) in [7, 11) is 0. The largest absolute Gasteiger partial charge is 0.348 e. The minimum Gasteiger partial charge on any atom is -0.348 e. The third-order valence-electron chi connectivity index (χ3n) is 3.54. The lowest BCUT2D eigenvalue weighted by molar-refractivity contribution is 0.527. The van der Waals surface area contributed by atoms with Crippen LogP contribution in [0.2, 0.25) is 0 Å². The Morgan fingerprint density at radius 1 is 1.29 bits per heavy atom. The number of nitrogens with zero attached hydrogens (tertiary/aromatic N) is 1. The summed E-state index contributed by atoms with van der Waals surface area (Å²) >= 11 is 0. The molecule has 0 atom stereocenters. The van der Waals surface area contributed by atoms with E-state index in [4.69, 9.17) is 0 Å². The standard InChI is InChI=1S/C14H17N3/c1-10-14(17-9-16-10)8-15-13-6-11-4-2-3-5-12(11)7-13/h2-5,9,13,15H,6-8H2,1H3,(H,16,17). The second-order valence-corrected chi connectivity index (χ2v) is 4.73. The molecule has 0 spiro atoms. The smallest absolute Gasteiger partial charge is 0.0925 e. The molecule has 0 unspecified atom stereocenters. The molecule has 1 aromatic carbocycles. The van der Waals surface area contributed by atoms with Gasteiger partial charge in [-0.3, -0.25) is 0 Å². The van der Waals surface area contributed by atoms with Crippen LogP contribution < -0.4 is 5.32 Å². The Bertz CT molecular complexity index is 491. The molecule has 1 aliphatic carbocycles. The van der Waals surface area contributed by atoms with Crippen molar-refractivity contribution in [1.82, 2.24) is 15.3 Å². The molecule has 88 valence electrons. The predicted octanol–water partition coefficient (Wildman–Crippen LogP) is 1.98. The lowest BCUT2D eigenvalue weighted by Crippen LogP contribution is -2.29. The molecule has 0 saturated carbocycles. The van der Waals surface area contributed by atoms with Gasteiger partial charge in [-0.25, -0.2) is 4.98 Å². The van der Waals surface area contributed by atoms with Crippen LogP contribution in [-0.2, 0) is 19.4 Å². The van der Waals surface area contributed by atoms with Gasteiger partial charge in [-0.1, -0.05) is 24.3 Å². The summed E-state index contributed by atoms with van der Waals surface area (Å²) in [4.78, 5) is 7.42. The number of hydrogen-bond acceptors (Lipinski definition) is 2. The second kappa shape index (κ2) is 4.34. The molecule has 0 fully saturated rings. The molecule has 2 N–H and O–H groups in total. The molecule has 3 nitrogen and oxygen atoms in total. The van der Waals surface area contributed by atoms with Crippen LogP contribution in [0.3, 0.4) is 0 Å². The molecule has 1 aromatic heterocycles. The number of aromatic nitrogens is 2. The summed E-state index contributed by atoms with van der Waals surface area (Å²) in [5.74, 6) is 0. The van der Waals surface area contributed by atoms with Crippen molar-refractivity contribution in [3.05, 3.63) is 53.1 Å². The number of H-pyrrole nitrogens is 1. The topological polar surface area (TPSA) is 40.7 Å². The number of rotatable bonds is 3. The minimum absolute atomic E-state index is 0.559. The third kappa shape index (κ3) is 2.11. The van der Waals surface area contributed by atoms with Crippen molar-refractivity contribution in [2.75, 3.05) is 0 Å². The van der Waals surface area contributed by atoms with E-state index in [2.05, 4.69) is 46.5 Å². The van der Waals surface area contributed by atoms with Crippen molar-refractivity contribution in [3.8, 4) is 0 Å². The van der Waals surface area contributed by atoms with Crippen molar-refractivity contribution in [1.29, 1.82) is 0 Å². The van der Waals surface area contributed by atoms with Gasteiger partial charge in [0.2, 0.25) is 0 Å². The second-order valence-electron chi connectivity index (χ2n) is 4.73. The molecule has 0 radical (unpaired) electrons. The molecular weight excluding hydrogens is 210 g/mol. The fourth-order valence-electron chi connectivity index (χ4n) is 2.51. The van der Waals surface area contributed by atoms with Crippen LogP contribution >= 0.6 is 0 Å². The summed E-state index contributed by atoms with van der Waals surface area (Å²) in [5, 5.41) is 3.59. The normalized spacial score (nSPS) is 15.1. The quantitative estimate of drug-likeness (QED) is 0.841. The van der Waals surface area contributed by atoms with Crippen LogP contribution in [0, 0.1) is 6.92 Å². The van der Waals surface area contributed by atoms with E-state index in [1.54, 1.807) is 6.33 Å².